The predicted molar refractivity (Wildman–Crippen MR) is 126 cm³/mol. The van der Waals surface area contributed by atoms with Crippen molar-refractivity contribution < 1.29 is 0 Å². The smallest absolute Gasteiger partial charge is 0.233 e. The van der Waals surface area contributed by atoms with E-state index in [1.807, 2.05) is 36.1 Å². The Morgan fingerprint density at radius 1 is 1.06 bits per heavy atom. The summed E-state index contributed by atoms with van der Waals surface area (Å²) in [5.41, 5.74) is 6.21. The molecule has 5 heterocycles. The maximum absolute atomic E-state index is 4.59. The van der Waals surface area contributed by atoms with Gasteiger partial charge in [0.15, 0.2) is 0 Å². The van der Waals surface area contributed by atoms with Crippen LogP contribution in [0.1, 0.15) is 41.3 Å². The van der Waals surface area contributed by atoms with Crippen molar-refractivity contribution in [1.29, 1.82) is 0 Å². The first-order valence-corrected chi connectivity index (χ1v) is 10.7. The van der Waals surface area contributed by atoms with E-state index in [0.29, 0.717) is 11.8 Å². The van der Waals surface area contributed by atoms with Crippen LogP contribution in [0.3, 0.4) is 0 Å². The number of aromatic nitrogens is 6. The highest BCUT2D eigenvalue weighted by molar-refractivity contribution is 5.82. The summed E-state index contributed by atoms with van der Waals surface area (Å²) in [6.45, 7) is 12.6. The van der Waals surface area contributed by atoms with Crippen LogP contribution in [0.4, 0.5) is 5.69 Å². The summed E-state index contributed by atoms with van der Waals surface area (Å²) < 4.78 is 3.93. The van der Waals surface area contributed by atoms with Crippen LogP contribution >= 0.6 is 0 Å². The zero-order chi connectivity index (χ0) is 22.1. The molecule has 0 atom stereocenters. The Morgan fingerprint density at radius 2 is 1.88 bits per heavy atom. The Balaban J connectivity index is 1.35. The van der Waals surface area contributed by atoms with Crippen LogP contribution < -0.4 is 10.6 Å². The van der Waals surface area contributed by atoms with Crippen molar-refractivity contribution in [3.05, 3.63) is 85.0 Å². The van der Waals surface area contributed by atoms with E-state index in [1.165, 1.54) is 0 Å². The van der Waals surface area contributed by atoms with Gasteiger partial charge in [-0.1, -0.05) is 13.2 Å². The van der Waals surface area contributed by atoms with E-state index < -0.39 is 0 Å². The lowest BCUT2D eigenvalue weighted by molar-refractivity contribution is 0.343. The van der Waals surface area contributed by atoms with Gasteiger partial charge in [-0.3, -0.25) is 14.1 Å². The number of anilines is 1. The molecule has 162 valence electrons. The van der Waals surface area contributed by atoms with Gasteiger partial charge < -0.3 is 10.6 Å². The minimum Gasteiger partial charge on any atom is -0.353 e. The van der Waals surface area contributed by atoms with Crippen LogP contribution in [0.25, 0.3) is 17.0 Å². The molecular weight excluding hydrogens is 400 g/mol. The molecule has 0 aliphatic carbocycles. The van der Waals surface area contributed by atoms with E-state index in [0.717, 1.165) is 65.3 Å². The number of hydrogen-bond donors (Lipinski definition) is 2. The number of hydrogen-bond acceptors (Lipinski definition) is 6. The largest absolute Gasteiger partial charge is 0.353 e. The van der Waals surface area contributed by atoms with Gasteiger partial charge in [-0.05, 0) is 44.5 Å². The molecule has 0 radical (unpaired) electrons. The van der Waals surface area contributed by atoms with Crippen LogP contribution in [0.15, 0.2) is 62.6 Å². The van der Waals surface area contributed by atoms with Gasteiger partial charge >= 0.3 is 0 Å². The fourth-order valence-corrected chi connectivity index (χ4v) is 4.05. The van der Waals surface area contributed by atoms with Crippen LogP contribution in [0.5, 0.6) is 0 Å². The number of piperidine rings is 1. The van der Waals surface area contributed by atoms with E-state index in [-0.39, 0.29) is 0 Å². The van der Waals surface area contributed by atoms with Crippen LogP contribution in [0, 0.1) is 6.92 Å². The van der Waals surface area contributed by atoms with Crippen molar-refractivity contribution in [3.8, 4) is 0 Å². The second kappa shape index (κ2) is 8.39. The second-order valence-corrected chi connectivity index (χ2v) is 8.11. The zero-order valence-electron chi connectivity index (χ0n) is 18.1. The van der Waals surface area contributed by atoms with Gasteiger partial charge in [0.05, 0.1) is 17.9 Å². The first kappa shape index (κ1) is 20.1. The lowest BCUT2D eigenvalue weighted by atomic mass is 9.99. The third kappa shape index (κ3) is 3.92. The molecule has 0 saturated carbocycles. The standard InChI is InChI=1S/C24H26N8/c1-16(20-12-28-24-26-8-9-31(24)14-20)23-10-19(11-27-18(23)3)17(2)30-21-13-29-32(15-21)22-4-6-25-7-5-22/h8-15,22,25,30H,1-2,4-7H2,3H3. The first-order chi connectivity index (χ1) is 15.6. The molecule has 5 rings (SSSR count). The Labute approximate surface area is 186 Å². The van der Waals surface area contributed by atoms with E-state index >= 15 is 0 Å². The zero-order valence-corrected chi connectivity index (χ0v) is 18.1. The highest BCUT2D eigenvalue weighted by Gasteiger charge is 2.16. The molecule has 8 nitrogen and oxygen atoms in total. The maximum atomic E-state index is 4.59. The molecule has 1 saturated heterocycles. The number of rotatable bonds is 6. The molecular formula is C24H26N8. The summed E-state index contributed by atoms with van der Waals surface area (Å²) in [7, 11) is 0. The van der Waals surface area contributed by atoms with Crippen molar-refractivity contribution in [2.75, 3.05) is 18.4 Å². The van der Waals surface area contributed by atoms with Gasteiger partial charge in [-0.15, -0.1) is 0 Å². The number of aryl methyl sites for hydroxylation is 1. The molecule has 1 aliphatic heterocycles. The van der Waals surface area contributed by atoms with Crippen molar-refractivity contribution in [3.63, 3.8) is 0 Å². The third-order valence-electron chi connectivity index (χ3n) is 5.93. The molecule has 4 aromatic rings. The molecule has 32 heavy (non-hydrogen) atoms. The summed E-state index contributed by atoms with van der Waals surface area (Å²) in [6, 6.07) is 2.51. The first-order valence-electron chi connectivity index (χ1n) is 10.7. The number of pyridine rings is 1. The van der Waals surface area contributed by atoms with Gasteiger partial charge in [-0.25, -0.2) is 9.97 Å². The molecule has 0 aromatic carbocycles. The third-order valence-corrected chi connectivity index (χ3v) is 5.93. The van der Waals surface area contributed by atoms with Crippen molar-refractivity contribution >= 4 is 22.7 Å². The molecule has 0 unspecified atom stereocenters. The monoisotopic (exact) mass is 426 g/mol. The van der Waals surface area contributed by atoms with Crippen LogP contribution in [-0.4, -0.2) is 42.2 Å². The van der Waals surface area contributed by atoms with Crippen molar-refractivity contribution in [2.45, 2.75) is 25.8 Å². The normalized spacial score (nSPS) is 14.5. The van der Waals surface area contributed by atoms with Gasteiger partial charge in [0.25, 0.3) is 0 Å². The minimum atomic E-state index is 0.442. The van der Waals surface area contributed by atoms with E-state index in [4.69, 9.17) is 0 Å². The van der Waals surface area contributed by atoms with Gasteiger partial charge in [0, 0.05) is 65.3 Å². The Kier molecular flexibility index (Phi) is 5.28. The van der Waals surface area contributed by atoms with Crippen molar-refractivity contribution in [1.82, 2.24) is 34.4 Å². The average Bonchev–Trinajstić information content (AvgIpc) is 3.48. The fourth-order valence-electron chi connectivity index (χ4n) is 4.05. The van der Waals surface area contributed by atoms with Gasteiger partial charge in [0.1, 0.15) is 0 Å². The van der Waals surface area contributed by atoms with E-state index in [9.17, 15) is 0 Å². The summed E-state index contributed by atoms with van der Waals surface area (Å²) in [6.07, 6.45) is 15.3. The Hall–Kier alpha value is -3.78. The average molecular weight is 427 g/mol. The second-order valence-electron chi connectivity index (χ2n) is 8.11. The lowest BCUT2D eigenvalue weighted by Crippen LogP contribution is -2.29. The topological polar surface area (TPSA) is 85.0 Å². The molecule has 1 fully saturated rings. The van der Waals surface area contributed by atoms with Crippen LogP contribution in [0.2, 0.25) is 0 Å². The number of nitrogens with zero attached hydrogens (tertiary/aromatic N) is 6. The fraction of sp³-hybridized carbons (Fsp3) is 0.250. The molecule has 4 aromatic heterocycles. The Morgan fingerprint density at radius 3 is 2.72 bits per heavy atom. The predicted octanol–water partition coefficient (Wildman–Crippen LogP) is 3.70. The SMILES string of the molecule is C=C(Nc1cnn(C2CCNCC2)c1)c1cnc(C)c(C(=C)c2cnc3nccn3c2)c1. The van der Waals surface area contributed by atoms with E-state index in [2.05, 4.69) is 60.8 Å². The highest BCUT2D eigenvalue weighted by Crippen LogP contribution is 2.27. The molecule has 2 N–H and O–H groups in total. The summed E-state index contributed by atoms with van der Waals surface area (Å²) in [5, 5.41) is 11.3. The number of imidazole rings is 1. The lowest BCUT2D eigenvalue weighted by Gasteiger charge is -2.22. The van der Waals surface area contributed by atoms with Crippen molar-refractivity contribution in [2.24, 2.45) is 0 Å². The summed E-state index contributed by atoms with van der Waals surface area (Å²) >= 11 is 0. The Bertz CT molecular complexity index is 1290. The van der Waals surface area contributed by atoms with Crippen LogP contribution in [-0.2, 0) is 0 Å². The number of fused-ring (bicyclic) bond motifs is 1. The summed E-state index contributed by atoms with van der Waals surface area (Å²) in [5.74, 6) is 0.660. The quantitative estimate of drug-likeness (QED) is 0.489. The molecule has 8 heteroatoms. The highest BCUT2D eigenvalue weighted by atomic mass is 15.3. The molecule has 0 spiro atoms. The number of nitrogens with one attached hydrogen (secondary N) is 2. The molecule has 0 bridgehead atoms. The minimum absolute atomic E-state index is 0.442. The maximum Gasteiger partial charge on any atom is 0.233 e. The molecule has 0 amide bonds. The van der Waals surface area contributed by atoms with Gasteiger partial charge in [0.2, 0.25) is 5.78 Å². The summed E-state index contributed by atoms with van der Waals surface area (Å²) in [4.78, 5) is 13.2. The van der Waals surface area contributed by atoms with Gasteiger partial charge in [-0.2, -0.15) is 5.10 Å². The van der Waals surface area contributed by atoms with E-state index in [1.54, 1.807) is 12.4 Å². The molecule has 1 aliphatic rings.